The summed E-state index contributed by atoms with van der Waals surface area (Å²) in [5, 5.41) is 17.8. The molecule has 0 aliphatic carbocycles. The molecule has 10 nitrogen and oxygen atoms in total. The fourth-order valence-electron chi connectivity index (χ4n) is 5.47. The third-order valence-electron chi connectivity index (χ3n) is 7.54. The minimum absolute atomic E-state index is 0.220. The number of piperidine rings is 1. The van der Waals surface area contributed by atoms with Gasteiger partial charge in [0.1, 0.15) is 17.5 Å². The molecule has 2 fully saturated rings. The summed E-state index contributed by atoms with van der Waals surface area (Å²) in [6.45, 7) is 2.48. The van der Waals surface area contributed by atoms with Crippen LogP contribution < -0.4 is 5.32 Å². The number of hydrogen-bond donors (Lipinski definition) is 2. The van der Waals surface area contributed by atoms with E-state index in [1.165, 1.54) is 12.4 Å². The van der Waals surface area contributed by atoms with Crippen LogP contribution >= 0.6 is 0 Å². The van der Waals surface area contributed by atoms with Crippen LogP contribution in [-0.2, 0) is 5.54 Å². The smallest absolute Gasteiger partial charge is 0.321 e. The zero-order valence-corrected chi connectivity index (χ0v) is 20.4. The van der Waals surface area contributed by atoms with Crippen LogP contribution in [0, 0.1) is 23.0 Å². The van der Waals surface area contributed by atoms with Gasteiger partial charge >= 0.3 is 6.03 Å². The lowest BCUT2D eigenvalue weighted by Gasteiger charge is -2.53. The van der Waals surface area contributed by atoms with E-state index < -0.39 is 17.2 Å². The summed E-state index contributed by atoms with van der Waals surface area (Å²) >= 11 is 0. The molecule has 2 amide bonds. The molecule has 1 aromatic carbocycles. The first kappa shape index (κ1) is 24.0. The molecule has 2 N–H and O–H groups in total. The summed E-state index contributed by atoms with van der Waals surface area (Å²) in [5.41, 5.74) is 2.22. The predicted octanol–water partition coefficient (Wildman–Crippen LogP) is 3.72. The highest BCUT2D eigenvalue weighted by molar-refractivity contribution is 5.90. The van der Waals surface area contributed by atoms with Crippen molar-refractivity contribution < 1.29 is 13.6 Å². The van der Waals surface area contributed by atoms with Crippen LogP contribution in [0.1, 0.15) is 19.3 Å². The second-order valence-electron chi connectivity index (χ2n) is 9.88. The molecule has 0 radical (unpaired) electrons. The number of H-pyrrole nitrogens is 1. The largest absolute Gasteiger partial charge is 0.346 e. The second kappa shape index (κ2) is 9.50. The van der Waals surface area contributed by atoms with Crippen molar-refractivity contribution >= 4 is 22.8 Å². The number of carbonyl (C=O) groups is 1. The maximum absolute atomic E-state index is 13.5. The Bertz CT molecular complexity index is 1530. The first-order valence-electron chi connectivity index (χ1n) is 12.4. The monoisotopic (exact) mass is 517 g/mol. The molecular weight excluding hydrogens is 492 g/mol. The lowest BCUT2D eigenvalue weighted by Crippen LogP contribution is -2.66. The molecule has 6 rings (SSSR count). The van der Waals surface area contributed by atoms with Gasteiger partial charge in [-0.1, -0.05) is 0 Å². The highest BCUT2D eigenvalue weighted by Gasteiger charge is 2.48. The Morgan fingerprint density at radius 3 is 2.76 bits per heavy atom. The normalized spacial score (nSPS) is 17.8. The Labute approximate surface area is 216 Å². The number of anilines is 1. The van der Waals surface area contributed by atoms with Crippen molar-refractivity contribution in [3.05, 3.63) is 60.8 Å². The van der Waals surface area contributed by atoms with Gasteiger partial charge in [0, 0.05) is 67.3 Å². The Balaban J connectivity index is 1.08. The number of rotatable bonds is 5. The highest BCUT2D eigenvalue weighted by atomic mass is 19.2. The molecule has 38 heavy (non-hydrogen) atoms. The van der Waals surface area contributed by atoms with E-state index in [9.17, 15) is 18.8 Å². The van der Waals surface area contributed by atoms with Gasteiger partial charge in [0.15, 0.2) is 11.6 Å². The van der Waals surface area contributed by atoms with Crippen LogP contribution in [0.15, 0.2) is 49.2 Å². The van der Waals surface area contributed by atoms with Gasteiger partial charge < -0.3 is 15.2 Å². The van der Waals surface area contributed by atoms with Crippen LogP contribution in [0.5, 0.6) is 0 Å². The van der Waals surface area contributed by atoms with E-state index in [2.05, 4.69) is 36.3 Å². The summed E-state index contributed by atoms with van der Waals surface area (Å²) < 4.78 is 28.5. The van der Waals surface area contributed by atoms with E-state index in [0.29, 0.717) is 32.6 Å². The molecule has 2 saturated heterocycles. The fraction of sp³-hybridized carbons (Fsp3) is 0.346. The van der Waals surface area contributed by atoms with Crippen LogP contribution in [0.4, 0.5) is 19.3 Å². The number of fused-ring (bicyclic) bond motifs is 1. The molecule has 2 aliphatic heterocycles. The van der Waals surface area contributed by atoms with E-state index >= 15 is 0 Å². The van der Waals surface area contributed by atoms with Crippen molar-refractivity contribution in [3.63, 3.8) is 0 Å². The number of likely N-dealkylation sites (tertiary alicyclic amines) is 2. The quantitative estimate of drug-likeness (QED) is 0.417. The van der Waals surface area contributed by atoms with E-state index in [0.717, 1.165) is 47.3 Å². The lowest BCUT2D eigenvalue weighted by molar-refractivity contribution is -0.0399. The average Bonchev–Trinajstić information content (AvgIpc) is 3.58. The van der Waals surface area contributed by atoms with E-state index in [-0.39, 0.29) is 17.8 Å². The third-order valence-corrected chi connectivity index (χ3v) is 7.54. The first-order valence-corrected chi connectivity index (χ1v) is 12.4. The lowest BCUT2D eigenvalue weighted by atomic mass is 9.84. The molecule has 0 spiro atoms. The Morgan fingerprint density at radius 1 is 1.18 bits per heavy atom. The second-order valence-corrected chi connectivity index (χ2v) is 9.88. The minimum atomic E-state index is -1.00. The van der Waals surface area contributed by atoms with Crippen LogP contribution in [0.2, 0.25) is 0 Å². The number of nitrogens with one attached hydrogen (secondary N) is 2. The highest BCUT2D eigenvalue weighted by Crippen LogP contribution is 2.37. The number of nitriles is 1. The number of amides is 2. The zero-order chi connectivity index (χ0) is 26.3. The predicted molar refractivity (Wildman–Crippen MR) is 135 cm³/mol. The Morgan fingerprint density at radius 2 is 2.00 bits per heavy atom. The minimum Gasteiger partial charge on any atom is -0.346 e. The molecule has 3 aromatic heterocycles. The molecule has 194 valence electrons. The number of aromatic amines is 1. The summed E-state index contributed by atoms with van der Waals surface area (Å²) in [7, 11) is 0. The number of halogens is 2. The number of nitrogens with zero attached hydrogens (tertiary/aromatic N) is 7. The summed E-state index contributed by atoms with van der Waals surface area (Å²) in [6.07, 6.45) is 8.98. The van der Waals surface area contributed by atoms with Crippen molar-refractivity contribution in [2.24, 2.45) is 0 Å². The number of aromatic nitrogens is 5. The fourth-order valence-corrected chi connectivity index (χ4v) is 5.47. The third kappa shape index (κ3) is 4.24. The van der Waals surface area contributed by atoms with Gasteiger partial charge in [-0.25, -0.2) is 23.5 Å². The van der Waals surface area contributed by atoms with E-state index in [1.807, 2.05) is 23.1 Å². The molecule has 5 heterocycles. The van der Waals surface area contributed by atoms with Gasteiger partial charge in [0.2, 0.25) is 0 Å². The van der Waals surface area contributed by atoms with Crippen molar-refractivity contribution in [3.8, 4) is 17.3 Å². The first-order chi connectivity index (χ1) is 18.5. The molecule has 12 heteroatoms. The van der Waals surface area contributed by atoms with Crippen molar-refractivity contribution in [2.75, 3.05) is 31.5 Å². The summed E-state index contributed by atoms with van der Waals surface area (Å²) in [6, 6.07) is 7.52. The van der Waals surface area contributed by atoms with Crippen LogP contribution in [-0.4, -0.2) is 72.8 Å². The van der Waals surface area contributed by atoms with Crippen molar-refractivity contribution in [1.82, 2.24) is 34.5 Å². The standard InChI is InChI=1S/C26H25F2N9O/c27-21-2-1-18(11-22(21)28)34-25(38)35-9-4-19(5-10-35)36-14-26(15-36,6-7-29)37-13-17(12-33-37)23-20-3-8-30-24(20)32-16-31-23/h1-3,8,11-13,16,19H,4-6,9-10,14-15H2,(H,34,38)(H,30,31,32). The Hall–Kier alpha value is -4.37. The van der Waals surface area contributed by atoms with Gasteiger partial charge in [-0.2, -0.15) is 10.4 Å². The number of urea groups is 1. The molecule has 0 saturated carbocycles. The molecule has 2 aliphatic rings. The molecule has 4 aromatic rings. The number of hydrogen-bond acceptors (Lipinski definition) is 6. The average molecular weight is 518 g/mol. The summed E-state index contributed by atoms with van der Waals surface area (Å²) in [4.78, 5) is 28.4. The maximum Gasteiger partial charge on any atom is 0.321 e. The number of benzene rings is 1. The van der Waals surface area contributed by atoms with Gasteiger partial charge in [0.25, 0.3) is 0 Å². The topological polar surface area (TPSA) is 119 Å². The van der Waals surface area contributed by atoms with E-state index in [1.54, 1.807) is 11.1 Å². The number of carbonyl (C=O) groups excluding carboxylic acids is 1. The molecule has 0 unspecified atom stereocenters. The maximum atomic E-state index is 13.5. The van der Waals surface area contributed by atoms with Gasteiger partial charge in [-0.15, -0.1) is 0 Å². The van der Waals surface area contributed by atoms with E-state index in [4.69, 9.17) is 0 Å². The molecular formula is C26H25F2N9O. The van der Waals surface area contributed by atoms with Crippen LogP contribution in [0.25, 0.3) is 22.3 Å². The van der Waals surface area contributed by atoms with Crippen LogP contribution in [0.3, 0.4) is 0 Å². The molecule has 0 atom stereocenters. The van der Waals surface area contributed by atoms with Crippen molar-refractivity contribution in [2.45, 2.75) is 30.8 Å². The van der Waals surface area contributed by atoms with Gasteiger partial charge in [0.05, 0.1) is 24.4 Å². The SMILES string of the molecule is N#CCC1(n2cc(-c3ncnc4[nH]ccc34)cn2)CN(C2CCN(C(=O)Nc3ccc(F)c(F)c3)CC2)C1. The Kier molecular flexibility index (Phi) is 6.00. The zero-order valence-electron chi connectivity index (χ0n) is 20.4. The van der Waals surface area contributed by atoms with Crippen molar-refractivity contribution in [1.29, 1.82) is 5.26 Å². The molecule has 0 bridgehead atoms. The van der Waals surface area contributed by atoms with Gasteiger partial charge in [-0.3, -0.25) is 9.58 Å². The summed E-state index contributed by atoms with van der Waals surface area (Å²) in [5.74, 6) is -1.96. The van der Waals surface area contributed by atoms with Gasteiger partial charge in [-0.05, 0) is 31.0 Å².